The highest BCUT2D eigenvalue weighted by atomic mass is 16.3. The fourth-order valence-corrected chi connectivity index (χ4v) is 4.85. The SMILES string of the molecule is CCN(CCCNC(=O)C1CCCN(c2ncnc3c2oc2ccccc23)C1)c1ccccc1. The lowest BCUT2D eigenvalue weighted by molar-refractivity contribution is -0.125. The summed E-state index contributed by atoms with van der Waals surface area (Å²) in [4.78, 5) is 26.5. The molecule has 0 radical (unpaired) electrons. The normalized spacial score (nSPS) is 16.1. The van der Waals surface area contributed by atoms with Crippen molar-refractivity contribution >= 4 is 39.5 Å². The van der Waals surface area contributed by atoms with Crippen LogP contribution in [0, 0.1) is 5.92 Å². The monoisotopic (exact) mass is 457 g/mol. The Bertz CT molecular complexity index is 1260. The third-order valence-electron chi connectivity index (χ3n) is 6.64. The Morgan fingerprint density at radius 1 is 1.15 bits per heavy atom. The fraction of sp³-hybridized carbons (Fsp3) is 0.370. The minimum absolute atomic E-state index is 0.0560. The molecule has 0 spiro atoms. The molecule has 176 valence electrons. The Morgan fingerprint density at radius 3 is 2.82 bits per heavy atom. The summed E-state index contributed by atoms with van der Waals surface area (Å²) in [5.41, 5.74) is 3.56. The second-order valence-electron chi connectivity index (χ2n) is 8.82. The van der Waals surface area contributed by atoms with Crippen molar-refractivity contribution in [1.29, 1.82) is 0 Å². The summed E-state index contributed by atoms with van der Waals surface area (Å²) in [6, 6.07) is 18.3. The number of hydrogen-bond acceptors (Lipinski definition) is 6. The van der Waals surface area contributed by atoms with Gasteiger partial charge in [0.25, 0.3) is 0 Å². The molecule has 1 aliphatic rings. The molecular formula is C27H31N5O2. The van der Waals surface area contributed by atoms with E-state index in [1.807, 2.05) is 30.3 Å². The Labute approximate surface area is 199 Å². The molecule has 1 saturated heterocycles. The highest BCUT2D eigenvalue weighted by Crippen LogP contribution is 2.33. The molecule has 5 rings (SSSR count). The van der Waals surface area contributed by atoms with Gasteiger partial charge in [0.15, 0.2) is 11.4 Å². The summed E-state index contributed by atoms with van der Waals surface area (Å²) in [6.45, 7) is 6.21. The number of fused-ring (bicyclic) bond motifs is 3. The number of piperidine rings is 1. The van der Waals surface area contributed by atoms with Crippen LogP contribution in [-0.4, -0.2) is 48.6 Å². The van der Waals surface area contributed by atoms with Crippen LogP contribution in [0.2, 0.25) is 0 Å². The molecule has 0 bridgehead atoms. The van der Waals surface area contributed by atoms with Crippen molar-refractivity contribution in [3.63, 3.8) is 0 Å². The van der Waals surface area contributed by atoms with Crippen molar-refractivity contribution in [3.05, 3.63) is 60.9 Å². The Hall–Kier alpha value is -3.61. The molecule has 1 unspecified atom stereocenters. The summed E-state index contributed by atoms with van der Waals surface area (Å²) < 4.78 is 6.11. The van der Waals surface area contributed by atoms with Crippen molar-refractivity contribution in [2.75, 3.05) is 42.5 Å². The molecule has 0 saturated carbocycles. The van der Waals surface area contributed by atoms with Crippen LogP contribution in [0.4, 0.5) is 11.5 Å². The van der Waals surface area contributed by atoms with E-state index in [0.29, 0.717) is 18.7 Å². The second kappa shape index (κ2) is 10.1. The van der Waals surface area contributed by atoms with Gasteiger partial charge >= 0.3 is 0 Å². The molecule has 4 aromatic rings. The molecule has 2 aromatic carbocycles. The number of aromatic nitrogens is 2. The number of nitrogens with one attached hydrogen (secondary N) is 1. The van der Waals surface area contributed by atoms with E-state index >= 15 is 0 Å². The van der Waals surface area contributed by atoms with E-state index in [0.717, 1.165) is 61.2 Å². The zero-order valence-electron chi connectivity index (χ0n) is 19.6. The largest absolute Gasteiger partial charge is 0.450 e. The molecule has 7 nitrogen and oxygen atoms in total. The van der Waals surface area contributed by atoms with Gasteiger partial charge < -0.3 is 19.5 Å². The van der Waals surface area contributed by atoms with E-state index in [-0.39, 0.29) is 11.8 Å². The van der Waals surface area contributed by atoms with Crippen molar-refractivity contribution in [2.24, 2.45) is 5.92 Å². The number of nitrogens with zero attached hydrogens (tertiary/aromatic N) is 4. The third-order valence-corrected chi connectivity index (χ3v) is 6.64. The van der Waals surface area contributed by atoms with E-state index in [2.05, 4.69) is 56.3 Å². The highest BCUT2D eigenvalue weighted by molar-refractivity contribution is 6.05. The molecule has 0 aliphatic carbocycles. The molecule has 1 fully saturated rings. The van der Waals surface area contributed by atoms with Gasteiger partial charge in [0.05, 0.1) is 5.92 Å². The molecule has 34 heavy (non-hydrogen) atoms. The van der Waals surface area contributed by atoms with E-state index in [1.165, 1.54) is 5.69 Å². The lowest BCUT2D eigenvalue weighted by atomic mass is 9.97. The topological polar surface area (TPSA) is 74.5 Å². The van der Waals surface area contributed by atoms with E-state index in [1.54, 1.807) is 6.33 Å². The van der Waals surface area contributed by atoms with Crippen molar-refractivity contribution in [2.45, 2.75) is 26.2 Å². The first-order valence-electron chi connectivity index (χ1n) is 12.2. The quantitative estimate of drug-likeness (QED) is 0.389. The van der Waals surface area contributed by atoms with Gasteiger partial charge in [-0.15, -0.1) is 0 Å². The van der Waals surface area contributed by atoms with Crippen LogP contribution in [0.3, 0.4) is 0 Å². The number of rotatable bonds is 8. The number of carbonyl (C=O) groups is 1. The molecule has 1 N–H and O–H groups in total. The van der Waals surface area contributed by atoms with Crippen molar-refractivity contribution in [3.8, 4) is 0 Å². The van der Waals surface area contributed by atoms with E-state index in [9.17, 15) is 4.79 Å². The molecule has 3 heterocycles. The summed E-state index contributed by atoms with van der Waals surface area (Å²) >= 11 is 0. The van der Waals surface area contributed by atoms with E-state index < -0.39 is 0 Å². The lowest BCUT2D eigenvalue weighted by Gasteiger charge is -2.32. The summed E-state index contributed by atoms with van der Waals surface area (Å²) in [7, 11) is 0. The Kier molecular flexibility index (Phi) is 6.60. The first-order chi connectivity index (χ1) is 16.7. The van der Waals surface area contributed by atoms with Gasteiger partial charge in [-0.1, -0.05) is 30.3 Å². The predicted octanol–water partition coefficient (Wildman–Crippen LogP) is 4.63. The summed E-state index contributed by atoms with van der Waals surface area (Å²) in [6.07, 6.45) is 4.34. The minimum atomic E-state index is -0.0560. The first-order valence-corrected chi connectivity index (χ1v) is 12.2. The smallest absolute Gasteiger partial charge is 0.224 e. The third kappa shape index (κ3) is 4.55. The zero-order valence-corrected chi connectivity index (χ0v) is 19.6. The number of benzene rings is 2. The van der Waals surface area contributed by atoms with Crippen molar-refractivity contribution < 1.29 is 9.21 Å². The van der Waals surface area contributed by atoms with Crippen LogP contribution in [-0.2, 0) is 4.79 Å². The van der Waals surface area contributed by atoms with Crippen LogP contribution < -0.4 is 15.1 Å². The molecular weight excluding hydrogens is 426 g/mol. The summed E-state index contributed by atoms with van der Waals surface area (Å²) in [5.74, 6) is 0.849. The zero-order chi connectivity index (χ0) is 23.3. The summed E-state index contributed by atoms with van der Waals surface area (Å²) in [5, 5.41) is 4.16. The van der Waals surface area contributed by atoms with Gasteiger partial charge in [-0.05, 0) is 50.5 Å². The number of hydrogen-bond donors (Lipinski definition) is 1. The van der Waals surface area contributed by atoms with E-state index in [4.69, 9.17) is 4.42 Å². The highest BCUT2D eigenvalue weighted by Gasteiger charge is 2.28. The van der Waals surface area contributed by atoms with Gasteiger partial charge in [0.2, 0.25) is 5.91 Å². The molecule has 1 atom stereocenters. The fourth-order valence-electron chi connectivity index (χ4n) is 4.85. The number of para-hydroxylation sites is 2. The number of carbonyl (C=O) groups excluding carboxylic acids is 1. The first kappa shape index (κ1) is 22.2. The molecule has 1 amide bonds. The molecule has 2 aromatic heterocycles. The Morgan fingerprint density at radius 2 is 1.97 bits per heavy atom. The van der Waals surface area contributed by atoms with Crippen LogP contribution in [0.5, 0.6) is 0 Å². The maximum Gasteiger partial charge on any atom is 0.224 e. The molecule has 1 aliphatic heterocycles. The maximum absolute atomic E-state index is 13.0. The number of anilines is 2. The second-order valence-corrected chi connectivity index (χ2v) is 8.82. The average molecular weight is 458 g/mol. The van der Waals surface area contributed by atoms with Gasteiger partial charge in [-0.3, -0.25) is 4.79 Å². The Balaban J connectivity index is 1.20. The standard InChI is InChI=1S/C27H31N5O2/c1-2-31(21-11-4-3-5-12-21)17-9-15-28-27(33)20-10-8-16-32(18-20)26-25-24(29-19-30-26)22-13-6-7-14-23(22)34-25/h3-7,11-14,19-20H,2,8-10,15-18H2,1H3,(H,28,33). The van der Waals surface area contributed by atoms with Gasteiger partial charge in [0, 0.05) is 43.8 Å². The minimum Gasteiger partial charge on any atom is -0.450 e. The predicted molar refractivity (Wildman–Crippen MR) is 136 cm³/mol. The van der Waals surface area contributed by atoms with Crippen LogP contribution in [0.15, 0.2) is 65.3 Å². The van der Waals surface area contributed by atoms with Crippen LogP contribution in [0.25, 0.3) is 22.1 Å². The maximum atomic E-state index is 13.0. The van der Waals surface area contributed by atoms with Gasteiger partial charge in [0.1, 0.15) is 17.4 Å². The number of amides is 1. The van der Waals surface area contributed by atoms with Gasteiger partial charge in [-0.25, -0.2) is 9.97 Å². The van der Waals surface area contributed by atoms with Crippen LogP contribution >= 0.6 is 0 Å². The van der Waals surface area contributed by atoms with Crippen LogP contribution in [0.1, 0.15) is 26.2 Å². The van der Waals surface area contributed by atoms with Crippen molar-refractivity contribution in [1.82, 2.24) is 15.3 Å². The van der Waals surface area contributed by atoms with Gasteiger partial charge in [-0.2, -0.15) is 0 Å². The molecule has 7 heteroatoms. The lowest BCUT2D eigenvalue weighted by Crippen LogP contribution is -2.44. The average Bonchev–Trinajstić information content (AvgIpc) is 3.28. The number of furan rings is 1.